The summed E-state index contributed by atoms with van der Waals surface area (Å²) in [5.41, 5.74) is 4.47. The van der Waals surface area contributed by atoms with Crippen molar-refractivity contribution in [1.82, 2.24) is 10.2 Å². The Morgan fingerprint density at radius 1 is 0.935 bits per heavy atom. The van der Waals surface area contributed by atoms with E-state index in [0.29, 0.717) is 19.3 Å². The molecule has 0 radical (unpaired) electrons. The molecule has 2 saturated heterocycles. The first kappa shape index (κ1) is 39.7. The average molecular weight is 652 g/mol. The number of carbonyl (C=O) groups excluding carboxylic acids is 2. The molecule has 1 unspecified atom stereocenters. The van der Waals surface area contributed by atoms with Crippen LogP contribution in [-0.4, -0.2) is 70.9 Å². The van der Waals surface area contributed by atoms with Gasteiger partial charge in [-0.15, -0.1) is 24.2 Å². The monoisotopic (exact) mass is 651 g/mol. The highest BCUT2D eigenvalue weighted by Gasteiger charge is 2.23. The zero-order valence-corrected chi connectivity index (χ0v) is 26.6. The van der Waals surface area contributed by atoms with E-state index in [-0.39, 0.29) is 39.8 Å². The summed E-state index contributed by atoms with van der Waals surface area (Å²) in [5, 5.41) is 7.11. The molecule has 0 saturated carbocycles. The van der Waals surface area contributed by atoms with E-state index in [4.69, 9.17) is 4.74 Å². The number of likely N-dealkylation sites (tertiary alicyclic amines) is 1. The normalized spacial score (nSPS) is 15.1. The van der Waals surface area contributed by atoms with Crippen LogP contribution in [0.1, 0.15) is 43.2 Å². The van der Waals surface area contributed by atoms with Gasteiger partial charge < -0.3 is 37.3 Å². The van der Waals surface area contributed by atoms with E-state index < -0.39 is 0 Å². The number of anilines is 1. The van der Waals surface area contributed by atoms with Crippen molar-refractivity contribution in [2.75, 3.05) is 31.6 Å². The van der Waals surface area contributed by atoms with Crippen molar-refractivity contribution in [3.8, 4) is 29.0 Å². The third kappa shape index (κ3) is 10.1. The second-order valence-corrected chi connectivity index (χ2v) is 11.8. The predicted molar refractivity (Wildman–Crippen MR) is 186 cm³/mol. The lowest BCUT2D eigenvalue weighted by Crippen LogP contribution is -2.29. The molecule has 10 nitrogen and oxygen atoms in total. The highest BCUT2D eigenvalue weighted by molar-refractivity contribution is 7.22. The molecule has 4 aromatic rings. The van der Waals surface area contributed by atoms with Gasteiger partial charge in [-0.1, -0.05) is 42.5 Å². The highest BCUT2D eigenvalue weighted by Crippen LogP contribution is 2.40. The van der Waals surface area contributed by atoms with Gasteiger partial charge in [-0.3, -0.25) is 14.5 Å². The molecule has 2 fully saturated rings. The van der Waals surface area contributed by atoms with Crippen LogP contribution in [0.5, 0.6) is 5.75 Å². The molecule has 46 heavy (non-hydrogen) atoms. The topological polar surface area (TPSA) is 197 Å². The van der Waals surface area contributed by atoms with Crippen LogP contribution < -0.4 is 15.4 Å². The molecule has 3 aromatic carbocycles. The minimum atomic E-state index is -0.0778. The molecule has 1 atom stereocenters. The van der Waals surface area contributed by atoms with E-state index in [1.807, 2.05) is 12.1 Å². The van der Waals surface area contributed by atoms with Gasteiger partial charge in [0.1, 0.15) is 12.4 Å². The van der Waals surface area contributed by atoms with Crippen molar-refractivity contribution < 1.29 is 36.2 Å². The third-order valence-electron chi connectivity index (χ3n) is 7.83. The minimum absolute atomic E-state index is 0. The maximum Gasteiger partial charge on any atom is 0.226 e. The molecule has 1 aromatic heterocycles. The maximum absolute atomic E-state index is 12.5. The van der Waals surface area contributed by atoms with Crippen LogP contribution in [0.3, 0.4) is 0 Å². The Hall–Kier alpha value is -4.28. The summed E-state index contributed by atoms with van der Waals surface area (Å²) in [6, 6.07) is 25.1. The van der Waals surface area contributed by atoms with Crippen molar-refractivity contribution in [2.24, 2.45) is 0 Å². The van der Waals surface area contributed by atoms with Gasteiger partial charge in [0.2, 0.25) is 11.8 Å². The van der Waals surface area contributed by atoms with E-state index in [1.54, 1.807) is 11.3 Å². The third-order valence-corrected chi connectivity index (χ3v) is 9.09. The number of rotatable bonds is 10. The van der Waals surface area contributed by atoms with Crippen molar-refractivity contribution in [3.05, 3.63) is 83.9 Å². The smallest absolute Gasteiger partial charge is 0.226 e. The van der Waals surface area contributed by atoms with Crippen LogP contribution in [0.2, 0.25) is 0 Å². The summed E-state index contributed by atoms with van der Waals surface area (Å²) in [4.78, 5) is 27.6. The zero-order valence-electron chi connectivity index (χ0n) is 25.8. The van der Waals surface area contributed by atoms with Gasteiger partial charge in [0, 0.05) is 40.7 Å². The van der Waals surface area contributed by atoms with Gasteiger partial charge in [-0.25, -0.2) is 0 Å². The fraction of sp³-hybridized carbons (Fsp3) is 0.314. The highest BCUT2D eigenvalue weighted by atomic mass is 32.1. The molecule has 248 valence electrons. The number of fused-ring (bicyclic) bond motifs is 1. The van der Waals surface area contributed by atoms with Gasteiger partial charge in [-0.05, 0) is 91.2 Å². The lowest BCUT2D eigenvalue weighted by molar-refractivity contribution is -0.119. The molecule has 10 N–H and O–H groups in total. The van der Waals surface area contributed by atoms with Gasteiger partial charge >= 0.3 is 0 Å². The minimum Gasteiger partial charge on any atom is -0.492 e. The maximum atomic E-state index is 12.5. The molecular weight excluding hydrogens is 606 g/mol. The number of ether oxygens (including phenoxy) is 1. The Kier molecular flexibility index (Phi) is 16.7. The number of thiophene rings is 1. The number of terminal acetylenes is 1. The van der Waals surface area contributed by atoms with Crippen molar-refractivity contribution in [1.29, 1.82) is 0 Å². The van der Waals surface area contributed by atoms with E-state index in [9.17, 15) is 9.59 Å². The lowest BCUT2D eigenvalue weighted by Gasteiger charge is -2.15. The van der Waals surface area contributed by atoms with Crippen LogP contribution in [0.4, 0.5) is 5.69 Å². The standard InChI is InChI=1S/C33H35N3O3S.C2H2.4H2O/c37-31-16-13-26(35-31)22-32(38)34-25-11-9-24(10-12-25)33-29(28-5-1-2-6-30(28)40-33)21-23-7-14-27(15-8-23)39-20-19-36-17-3-4-18-36;1-2;;;;/h1-2,5-12,14-15,26H,3-4,13,16-22H2,(H,34,38)(H,35,37);1-2H;4*1H2. The van der Waals surface area contributed by atoms with Gasteiger partial charge in [0.25, 0.3) is 0 Å². The SMILES string of the molecule is C#C.O.O.O.O.O=C(CC1CCC(=O)N1)Nc1ccc(-c2sc3ccccc3c2Cc2ccc(OCCN3CCCC3)cc2)cc1. The van der Waals surface area contributed by atoms with Crippen molar-refractivity contribution in [3.63, 3.8) is 0 Å². The number of nitrogens with one attached hydrogen (secondary N) is 2. The molecule has 3 heterocycles. The lowest BCUT2D eigenvalue weighted by atomic mass is 9.99. The Morgan fingerprint density at radius 3 is 2.26 bits per heavy atom. The summed E-state index contributed by atoms with van der Waals surface area (Å²) in [6.45, 7) is 4.11. The predicted octanol–water partition coefficient (Wildman–Crippen LogP) is 3.19. The summed E-state index contributed by atoms with van der Waals surface area (Å²) >= 11 is 1.81. The first-order valence-electron chi connectivity index (χ1n) is 14.6. The average Bonchev–Trinajstić information content (AvgIpc) is 3.76. The number of amides is 2. The molecule has 2 amide bonds. The fourth-order valence-electron chi connectivity index (χ4n) is 5.69. The number of benzene rings is 3. The number of carbonyl (C=O) groups is 2. The van der Waals surface area contributed by atoms with Gasteiger partial charge in [0.15, 0.2) is 0 Å². The molecule has 0 spiro atoms. The first-order valence-corrected chi connectivity index (χ1v) is 15.4. The van der Waals surface area contributed by atoms with E-state index >= 15 is 0 Å². The van der Waals surface area contributed by atoms with Crippen LogP contribution in [0.25, 0.3) is 20.5 Å². The van der Waals surface area contributed by atoms with Crippen molar-refractivity contribution >= 4 is 38.9 Å². The van der Waals surface area contributed by atoms with Crippen LogP contribution in [0.15, 0.2) is 72.8 Å². The summed E-state index contributed by atoms with van der Waals surface area (Å²) < 4.78 is 7.28. The van der Waals surface area contributed by atoms with Crippen LogP contribution >= 0.6 is 11.3 Å². The Labute approximate surface area is 274 Å². The van der Waals surface area contributed by atoms with E-state index in [0.717, 1.165) is 36.6 Å². The van der Waals surface area contributed by atoms with Gasteiger partial charge in [-0.2, -0.15) is 0 Å². The quantitative estimate of drug-likeness (QED) is 0.249. The largest absolute Gasteiger partial charge is 0.492 e. The van der Waals surface area contributed by atoms with Crippen LogP contribution in [0, 0.1) is 12.8 Å². The summed E-state index contributed by atoms with van der Waals surface area (Å²) in [7, 11) is 0. The second kappa shape index (κ2) is 19.3. The molecule has 6 rings (SSSR count). The summed E-state index contributed by atoms with van der Waals surface area (Å²) in [6.07, 6.45) is 13.0. The number of hydrogen-bond acceptors (Lipinski definition) is 5. The Morgan fingerprint density at radius 2 is 1.61 bits per heavy atom. The molecule has 11 heteroatoms. The summed E-state index contributed by atoms with van der Waals surface area (Å²) in [5.74, 6) is 0.871. The molecule has 0 aliphatic carbocycles. The zero-order chi connectivity index (χ0) is 29.3. The van der Waals surface area contributed by atoms with Gasteiger partial charge in [0.05, 0.1) is 0 Å². The molecular formula is C35H45N3O7S. The fourth-order valence-corrected chi connectivity index (χ4v) is 6.91. The van der Waals surface area contributed by atoms with Crippen molar-refractivity contribution in [2.45, 2.75) is 44.6 Å². The van der Waals surface area contributed by atoms with E-state index in [1.165, 1.54) is 52.0 Å². The number of nitrogens with zero attached hydrogens (tertiary/aromatic N) is 1. The molecule has 2 aliphatic rings. The second-order valence-electron chi connectivity index (χ2n) is 10.8. The molecule has 0 bridgehead atoms. The number of hydrogen-bond donors (Lipinski definition) is 2. The first-order chi connectivity index (χ1) is 20.6. The van der Waals surface area contributed by atoms with E-state index in [2.05, 4.69) is 89.0 Å². The van der Waals surface area contributed by atoms with Crippen LogP contribution in [-0.2, 0) is 16.0 Å². The Bertz CT molecular complexity index is 1530. The Balaban J connectivity index is 0.00000173. The molecule has 2 aliphatic heterocycles.